The Labute approximate surface area is 93.4 Å². The number of fused-ring (bicyclic) bond motifs is 1. The van der Waals surface area contributed by atoms with Crippen LogP contribution < -0.4 is 0 Å². The van der Waals surface area contributed by atoms with Crippen LogP contribution in [-0.2, 0) is 9.53 Å². The topological polar surface area (TPSA) is 43.4 Å². The van der Waals surface area contributed by atoms with Crippen LogP contribution in [0.3, 0.4) is 0 Å². The van der Waals surface area contributed by atoms with E-state index in [0.717, 1.165) is 18.4 Å². The summed E-state index contributed by atoms with van der Waals surface area (Å²) in [6.07, 6.45) is 1.99. The van der Waals surface area contributed by atoms with Crippen molar-refractivity contribution in [2.75, 3.05) is 0 Å². The monoisotopic (exact) mass is 216 g/mol. The third-order valence-electron chi connectivity index (χ3n) is 3.20. The first kappa shape index (κ1) is 9.58. The van der Waals surface area contributed by atoms with Crippen molar-refractivity contribution < 1.29 is 14.3 Å². The van der Waals surface area contributed by atoms with Gasteiger partial charge in [-0.15, -0.1) is 0 Å². The summed E-state index contributed by atoms with van der Waals surface area (Å²) in [6.45, 7) is 0. The smallest absolute Gasteiger partial charge is 0.339 e. The maximum absolute atomic E-state index is 11.7. The lowest BCUT2D eigenvalue weighted by atomic mass is 10.0. The van der Waals surface area contributed by atoms with Crippen LogP contribution in [0.5, 0.6) is 0 Å². The Balaban J connectivity index is 1.82. The standard InChI is InChI=1S/C13H12O3/c14-11(8-5-6-8)7-12-9-3-1-2-4-10(9)13(15)16-12/h1-4,8,12H,5-7H2/t12-/m0/s1. The zero-order valence-electron chi connectivity index (χ0n) is 8.81. The maximum Gasteiger partial charge on any atom is 0.339 e. The van der Waals surface area contributed by atoms with Crippen molar-refractivity contribution in [2.24, 2.45) is 5.92 Å². The SMILES string of the molecule is O=C1O[C@@H](CC(=O)C2CC2)c2ccccc21. The van der Waals surface area contributed by atoms with E-state index in [1.807, 2.05) is 18.2 Å². The highest BCUT2D eigenvalue weighted by atomic mass is 16.5. The molecule has 0 amide bonds. The molecule has 0 aromatic heterocycles. The lowest BCUT2D eigenvalue weighted by Crippen LogP contribution is -2.08. The van der Waals surface area contributed by atoms with Gasteiger partial charge in [-0.1, -0.05) is 18.2 Å². The minimum atomic E-state index is -0.350. The molecule has 3 rings (SSSR count). The summed E-state index contributed by atoms with van der Waals surface area (Å²) in [7, 11) is 0. The Morgan fingerprint density at radius 3 is 2.81 bits per heavy atom. The van der Waals surface area contributed by atoms with Crippen molar-refractivity contribution in [3.8, 4) is 0 Å². The van der Waals surface area contributed by atoms with Gasteiger partial charge in [-0.3, -0.25) is 4.79 Å². The average Bonchev–Trinajstić information content (AvgIpc) is 3.08. The molecule has 0 bridgehead atoms. The molecule has 0 spiro atoms. The molecule has 3 heteroatoms. The number of benzene rings is 1. The Hall–Kier alpha value is -1.64. The summed E-state index contributed by atoms with van der Waals surface area (Å²) in [5, 5.41) is 0. The number of hydrogen-bond acceptors (Lipinski definition) is 3. The van der Waals surface area contributed by atoms with Crippen molar-refractivity contribution in [1.29, 1.82) is 0 Å². The number of rotatable bonds is 3. The Morgan fingerprint density at radius 1 is 1.31 bits per heavy atom. The molecule has 82 valence electrons. The highest BCUT2D eigenvalue weighted by molar-refractivity contribution is 5.95. The first-order chi connectivity index (χ1) is 7.75. The molecule has 0 radical (unpaired) electrons. The minimum Gasteiger partial charge on any atom is -0.453 e. The van der Waals surface area contributed by atoms with Crippen molar-refractivity contribution in [3.63, 3.8) is 0 Å². The summed E-state index contributed by atoms with van der Waals surface area (Å²) in [5.74, 6) is 0.158. The molecule has 2 aliphatic rings. The zero-order valence-corrected chi connectivity index (χ0v) is 8.81. The predicted octanol–water partition coefficient (Wildman–Crippen LogP) is 2.27. The quantitative estimate of drug-likeness (QED) is 0.728. The van der Waals surface area contributed by atoms with E-state index >= 15 is 0 Å². The fraction of sp³-hybridized carbons (Fsp3) is 0.385. The lowest BCUT2D eigenvalue weighted by molar-refractivity contribution is -0.122. The van der Waals surface area contributed by atoms with Gasteiger partial charge < -0.3 is 4.74 Å². The molecule has 1 aliphatic carbocycles. The number of Topliss-reactive ketones (excluding diaryl/α,β-unsaturated/α-hetero) is 1. The van der Waals surface area contributed by atoms with Crippen LogP contribution in [0.25, 0.3) is 0 Å². The second-order valence-corrected chi connectivity index (χ2v) is 4.43. The Kier molecular flexibility index (Phi) is 2.06. The summed E-state index contributed by atoms with van der Waals surface area (Å²) in [4.78, 5) is 23.2. The van der Waals surface area contributed by atoms with E-state index in [9.17, 15) is 9.59 Å². The molecule has 0 unspecified atom stereocenters. The summed E-state index contributed by atoms with van der Waals surface area (Å²) in [6, 6.07) is 7.30. The molecule has 1 saturated carbocycles. The van der Waals surface area contributed by atoms with E-state index in [2.05, 4.69) is 0 Å². The molecule has 1 atom stereocenters. The Morgan fingerprint density at radius 2 is 2.06 bits per heavy atom. The number of carbonyl (C=O) groups excluding carboxylic acids is 2. The van der Waals surface area contributed by atoms with Crippen LogP contribution in [0.1, 0.15) is 41.3 Å². The van der Waals surface area contributed by atoms with Crippen molar-refractivity contribution in [2.45, 2.75) is 25.4 Å². The third kappa shape index (κ3) is 1.52. The van der Waals surface area contributed by atoms with E-state index in [-0.39, 0.29) is 23.8 Å². The zero-order chi connectivity index (χ0) is 11.1. The van der Waals surface area contributed by atoms with E-state index in [4.69, 9.17) is 4.74 Å². The third-order valence-corrected chi connectivity index (χ3v) is 3.20. The summed E-state index contributed by atoms with van der Waals surface area (Å²) >= 11 is 0. The van der Waals surface area contributed by atoms with Crippen molar-refractivity contribution in [1.82, 2.24) is 0 Å². The van der Waals surface area contributed by atoms with E-state index in [0.29, 0.717) is 12.0 Å². The van der Waals surface area contributed by atoms with Crippen LogP contribution in [0.15, 0.2) is 24.3 Å². The molecule has 16 heavy (non-hydrogen) atoms. The lowest BCUT2D eigenvalue weighted by Gasteiger charge is -2.08. The van der Waals surface area contributed by atoms with Crippen LogP contribution in [0.2, 0.25) is 0 Å². The van der Waals surface area contributed by atoms with Gasteiger partial charge in [0.05, 0.1) is 5.56 Å². The second kappa shape index (κ2) is 3.44. The first-order valence-electron chi connectivity index (χ1n) is 5.58. The highest BCUT2D eigenvalue weighted by Gasteiger charge is 2.36. The average molecular weight is 216 g/mol. The normalized spacial score (nSPS) is 22.8. The summed E-state index contributed by atoms with van der Waals surface area (Å²) in [5.41, 5.74) is 1.47. The van der Waals surface area contributed by atoms with Crippen LogP contribution in [-0.4, -0.2) is 11.8 Å². The molecule has 1 aromatic carbocycles. The maximum atomic E-state index is 11.7. The molecule has 0 N–H and O–H groups in total. The Bertz CT molecular complexity index is 460. The second-order valence-electron chi connectivity index (χ2n) is 4.43. The molecule has 3 nitrogen and oxygen atoms in total. The molecule has 1 fully saturated rings. The minimum absolute atomic E-state index is 0.228. The molecule has 1 aromatic rings. The van der Waals surface area contributed by atoms with Gasteiger partial charge in [-0.2, -0.15) is 0 Å². The number of hydrogen-bond donors (Lipinski definition) is 0. The fourth-order valence-electron chi connectivity index (χ4n) is 2.13. The van der Waals surface area contributed by atoms with Crippen LogP contribution in [0, 0.1) is 5.92 Å². The largest absolute Gasteiger partial charge is 0.453 e. The van der Waals surface area contributed by atoms with Crippen molar-refractivity contribution >= 4 is 11.8 Å². The van der Waals surface area contributed by atoms with Crippen molar-refractivity contribution in [3.05, 3.63) is 35.4 Å². The van der Waals surface area contributed by atoms with Gasteiger partial charge in [-0.05, 0) is 18.9 Å². The summed E-state index contributed by atoms with van der Waals surface area (Å²) < 4.78 is 5.22. The number of ketones is 1. The van der Waals surface area contributed by atoms with Gasteiger partial charge in [0, 0.05) is 17.9 Å². The first-order valence-corrected chi connectivity index (χ1v) is 5.58. The van der Waals surface area contributed by atoms with Crippen LogP contribution >= 0.6 is 0 Å². The van der Waals surface area contributed by atoms with Gasteiger partial charge in [0.1, 0.15) is 11.9 Å². The fourth-order valence-corrected chi connectivity index (χ4v) is 2.13. The van der Waals surface area contributed by atoms with E-state index in [1.54, 1.807) is 6.07 Å². The van der Waals surface area contributed by atoms with Gasteiger partial charge in [0.2, 0.25) is 0 Å². The van der Waals surface area contributed by atoms with E-state index < -0.39 is 0 Å². The molecule has 1 aliphatic heterocycles. The number of esters is 1. The number of carbonyl (C=O) groups is 2. The van der Waals surface area contributed by atoms with Gasteiger partial charge >= 0.3 is 5.97 Å². The highest BCUT2D eigenvalue weighted by Crippen LogP contribution is 2.37. The predicted molar refractivity (Wildman–Crippen MR) is 56.9 cm³/mol. The molecule has 1 heterocycles. The van der Waals surface area contributed by atoms with E-state index in [1.165, 1.54) is 0 Å². The number of cyclic esters (lactones) is 1. The van der Waals surface area contributed by atoms with Gasteiger partial charge in [0.25, 0.3) is 0 Å². The van der Waals surface area contributed by atoms with Crippen LogP contribution in [0.4, 0.5) is 0 Å². The number of ether oxygens (including phenoxy) is 1. The molecular formula is C13H12O3. The molecule has 0 saturated heterocycles. The molecular weight excluding hydrogens is 204 g/mol. The van der Waals surface area contributed by atoms with Gasteiger partial charge in [0.15, 0.2) is 0 Å². The van der Waals surface area contributed by atoms with Gasteiger partial charge in [-0.25, -0.2) is 4.79 Å².